The Kier molecular flexibility index (Phi) is 5.58. The Morgan fingerprint density at radius 2 is 2.11 bits per heavy atom. The molecule has 152 valence electrons. The molecule has 2 amide bonds. The van der Waals surface area contributed by atoms with Crippen LogP contribution in [0.25, 0.3) is 0 Å². The second kappa shape index (κ2) is 8.11. The molecular weight excluding hydrogens is 356 g/mol. The molecule has 4 rings (SSSR count). The van der Waals surface area contributed by atoms with E-state index in [4.69, 9.17) is 9.47 Å². The van der Waals surface area contributed by atoms with Crippen LogP contribution < -0.4 is 15.4 Å². The van der Waals surface area contributed by atoms with Crippen molar-refractivity contribution < 1.29 is 19.1 Å². The lowest BCUT2D eigenvalue weighted by atomic mass is 9.81. The second-order valence-electron chi connectivity index (χ2n) is 8.48. The Morgan fingerprint density at radius 1 is 1.29 bits per heavy atom. The molecule has 3 aliphatic rings. The van der Waals surface area contributed by atoms with Crippen LogP contribution in [0.15, 0.2) is 18.2 Å². The third kappa shape index (κ3) is 4.32. The fraction of sp³-hybridized carbons (Fsp3) is 0.636. The standard InChI is InChI=1S/C22H30N2O4/c1-15-4-6-19-18(13-15)21(26)23-14-22(28-19)10-8-16(9-11-22)24-20(25)7-5-17-3-2-12-27-17/h4,6,13,16-17H,2-3,5,7-12,14H2,1H3,(H,23,26)(H,24,25)/t16?,17-,22?/m1/s1. The number of carbonyl (C=O) groups is 2. The van der Waals surface area contributed by atoms with Gasteiger partial charge in [-0.05, 0) is 64.0 Å². The van der Waals surface area contributed by atoms with Gasteiger partial charge in [0.15, 0.2) is 0 Å². The summed E-state index contributed by atoms with van der Waals surface area (Å²) in [6.07, 6.45) is 7.14. The monoisotopic (exact) mass is 386 g/mol. The highest BCUT2D eigenvalue weighted by Crippen LogP contribution is 2.36. The van der Waals surface area contributed by atoms with Crippen LogP contribution in [0.1, 0.15) is 67.3 Å². The normalized spacial score (nSPS) is 29.5. The van der Waals surface area contributed by atoms with Gasteiger partial charge in [-0.3, -0.25) is 9.59 Å². The lowest BCUT2D eigenvalue weighted by molar-refractivity contribution is -0.123. The minimum absolute atomic E-state index is 0.0693. The molecule has 1 atom stereocenters. The van der Waals surface area contributed by atoms with Crippen molar-refractivity contribution in [1.29, 1.82) is 0 Å². The predicted octanol–water partition coefficient (Wildman–Crippen LogP) is 2.87. The molecule has 2 aliphatic heterocycles. The Hall–Kier alpha value is -2.08. The summed E-state index contributed by atoms with van der Waals surface area (Å²) < 4.78 is 12.0. The van der Waals surface area contributed by atoms with Gasteiger partial charge in [-0.25, -0.2) is 0 Å². The summed E-state index contributed by atoms with van der Waals surface area (Å²) in [7, 11) is 0. The molecule has 1 aliphatic carbocycles. The fourth-order valence-electron chi connectivity index (χ4n) is 4.55. The van der Waals surface area contributed by atoms with E-state index in [2.05, 4.69) is 10.6 Å². The van der Waals surface area contributed by atoms with Gasteiger partial charge in [0.25, 0.3) is 5.91 Å². The van der Waals surface area contributed by atoms with Crippen LogP contribution in [0.3, 0.4) is 0 Å². The van der Waals surface area contributed by atoms with Gasteiger partial charge in [-0.15, -0.1) is 0 Å². The highest BCUT2D eigenvalue weighted by Gasteiger charge is 2.40. The van der Waals surface area contributed by atoms with Gasteiger partial charge in [0.05, 0.1) is 18.2 Å². The van der Waals surface area contributed by atoms with Crippen molar-refractivity contribution in [1.82, 2.24) is 10.6 Å². The Labute approximate surface area is 166 Å². The summed E-state index contributed by atoms with van der Waals surface area (Å²) in [6, 6.07) is 5.94. The van der Waals surface area contributed by atoms with Gasteiger partial charge in [0, 0.05) is 19.1 Å². The molecule has 0 unspecified atom stereocenters. The zero-order chi connectivity index (χ0) is 19.6. The van der Waals surface area contributed by atoms with E-state index in [1.807, 2.05) is 25.1 Å². The first-order valence-electron chi connectivity index (χ1n) is 10.5. The SMILES string of the molecule is Cc1ccc2c(c1)C(=O)NCC1(CCC(NC(=O)CC[C@H]3CCCO3)CC1)O2. The maximum Gasteiger partial charge on any atom is 0.255 e. The van der Waals surface area contributed by atoms with Gasteiger partial charge in [0.2, 0.25) is 5.91 Å². The minimum Gasteiger partial charge on any atom is -0.485 e. The lowest BCUT2D eigenvalue weighted by Crippen LogP contribution is -2.51. The van der Waals surface area contributed by atoms with Crippen LogP contribution >= 0.6 is 0 Å². The molecule has 1 saturated carbocycles. The topological polar surface area (TPSA) is 76.7 Å². The van der Waals surface area contributed by atoms with Gasteiger partial charge in [-0.1, -0.05) is 11.6 Å². The molecule has 1 saturated heterocycles. The number of hydrogen-bond acceptors (Lipinski definition) is 4. The van der Waals surface area contributed by atoms with Crippen molar-refractivity contribution in [3.63, 3.8) is 0 Å². The van der Waals surface area contributed by atoms with Crippen LogP contribution in [-0.2, 0) is 9.53 Å². The summed E-state index contributed by atoms with van der Waals surface area (Å²) in [6.45, 7) is 3.32. The van der Waals surface area contributed by atoms with E-state index < -0.39 is 0 Å². The quantitative estimate of drug-likeness (QED) is 0.834. The number of aryl methyl sites for hydroxylation is 1. The summed E-state index contributed by atoms with van der Waals surface area (Å²) in [5, 5.41) is 6.21. The van der Waals surface area contributed by atoms with E-state index in [1.54, 1.807) is 0 Å². The average molecular weight is 386 g/mol. The van der Waals surface area contributed by atoms with Gasteiger partial charge < -0.3 is 20.1 Å². The van der Waals surface area contributed by atoms with Crippen molar-refractivity contribution in [3.05, 3.63) is 29.3 Å². The Balaban J connectivity index is 1.31. The average Bonchev–Trinajstić information content (AvgIpc) is 3.17. The van der Waals surface area contributed by atoms with E-state index in [-0.39, 0.29) is 29.6 Å². The minimum atomic E-state index is -0.380. The highest BCUT2D eigenvalue weighted by atomic mass is 16.5. The summed E-state index contributed by atoms with van der Waals surface area (Å²) in [5.41, 5.74) is 1.28. The zero-order valence-electron chi connectivity index (χ0n) is 16.6. The number of benzene rings is 1. The number of rotatable bonds is 4. The first kappa shape index (κ1) is 19.2. The summed E-state index contributed by atoms with van der Waals surface area (Å²) in [4.78, 5) is 24.7. The van der Waals surface area contributed by atoms with E-state index in [9.17, 15) is 9.59 Å². The summed E-state index contributed by atoms with van der Waals surface area (Å²) in [5.74, 6) is 0.715. The third-order valence-corrected chi connectivity index (χ3v) is 6.26. The number of ether oxygens (including phenoxy) is 2. The first-order chi connectivity index (χ1) is 13.5. The number of nitrogens with one attached hydrogen (secondary N) is 2. The first-order valence-corrected chi connectivity index (χ1v) is 10.5. The van der Waals surface area contributed by atoms with Crippen LogP contribution in [0, 0.1) is 6.92 Å². The maximum atomic E-state index is 12.4. The lowest BCUT2D eigenvalue weighted by Gasteiger charge is -2.39. The molecule has 2 heterocycles. The number of amides is 2. The Morgan fingerprint density at radius 3 is 2.86 bits per heavy atom. The van der Waals surface area contributed by atoms with E-state index >= 15 is 0 Å². The second-order valence-corrected chi connectivity index (χ2v) is 8.48. The van der Waals surface area contributed by atoms with E-state index in [1.165, 1.54) is 0 Å². The van der Waals surface area contributed by atoms with Crippen molar-refractivity contribution >= 4 is 11.8 Å². The molecular formula is C22H30N2O4. The maximum absolute atomic E-state index is 12.4. The van der Waals surface area contributed by atoms with Gasteiger partial charge in [0.1, 0.15) is 11.4 Å². The van der Waals surface area contributed by atoms with Crippen molar-refractivity contribution in [2.45, 2.75) is 76.0 Å². The molecule has 6 heteroatoms. The molecule has 2 N–H and O–H groups in total. The molecule has 0 radical (unpaired) electrons. The molecule has 1 aromatic rings. The zero-order valence-corrected chi connectivity index (χ0v) is 16.6. The predicted molar refractivity (Wildman–Crippen MR) is 105 cm³/mol. The van der Waals surface area contributed by atoms with Crippen LogP contribution in [0.4, 0.5) is 0 Å². The molecule has 1 aromatic carbocycles. The third-order valence-electron chi connectivity index (χ3n) is 6.26. The van der Waals surface area contributed by atoms with Gasteiger partial charge in [-0.2, -0.15) is 0 Å². The number of carbonyl (C=O) groups excluding carboxylic acids is 2. The number of hydrogen-bond donors (Lipinski definition) is 2. The van der Waals surface area contributed by atoms with Crippen LogP contribution in [0.2, 0.25) is 0 Å². The molecule has 28 heavy (non-hydrogen) atoms. The van der Waals surface area contributed by atoms with Crippen molar-refractivity contribution in [3.8, 4) is 5.75 Å². The largest absolute Gasteiger partial charge is 0.485 e. The molecule has 6 nitrogen and oxygen atoms in total. The van der Waals surface area contributed by atoms with Crippen LogP contribution in [-0.4, -0.2) is 42.7 Å². The highest BCUT2D eigenvalue weighted by molar-refractivity contribution is 5.97. The summed E-state index contributed by atoms with van der Waals surface area (Å²) >= 11 is 0. The molecule has 2 fully saturated rings. The Bertz CT molecular complexity index is 734. The molecule has 0 bridgehead atoms. The van der Waals surface area contributed by atoms with E-state index in [0.717, 1.165) is 57.1 Å². The smallest absolute Gasteiger partial charge is 0.255 e. The van der Waals surface area contributed by atoms with Crippen molar-refractivity contribution in [2.75, 3.05) is 13.2 Å². The number of fused-ring (bicyclic) bond motifs is 1. The van der Waals surface area contributed by atoms with Crippen LogP contribution in [0.5, 0.6) is 5.75 Å². The molecule has 0 aromatic heterocycles. The molecule has 1 spiro atoms. The van der Waals surface area contributed by atoms with Gasteiger partial charge >= 0.3 is 0 Å². The van der Waals surface area contributed by atoms with E-state index in [0.29, 0.717) is 24.3 Å². The fourth-order valence-corrected chi connectivity index (χ4v) is 4.55. The van der Waals surface area contributed by atoms with Crippen molar-refractivity contribution in [2.24, 2.45) is 0 Å².